The number of amides is 1. The summed E-state index contributed by atoms with van der Waals surface area (Å²) in [5.41, 5.74) is 2.51. The molecular weight excluding hydrogens is 278 g/mol. The van der Waals surface area contributed by atoms with E-state index in [2.05, 4.69) is 41.4 Å². The zero-order valence-corrected chi connectivity index (χ0v) is 13.0. The van der Waals surface area contributed by atoms with Crippen LogP contribution in [-0.2, 0) is 12.8 Å². The second-order valence-corrected chi connectivity index (χ2v) is 6.23. The van der Waals surface area contributed by atoms with Gasteiger partial charge in [0.1, 0.15) is 0 Å². The number of fused-ring (bicyclic) bond motifs is 1. The molecule has 1 amide bonds. The van der Waals surface area contributed by atoms with Gasteiger partial charge in [0.15, 0.2) is 5.82 Å². The zero-order valence-electron chi connectivity index (χ0n) is 13.0. The molecule has 22 heavy (non-hydrogen) atoms. The van der Waals surface area contributed by atoms with Crippen LogP contribution in [0.2, 0.25) is 0 Å². The van der Waals surface area contributed by atoms with Gasteiger partial charge in [0, 0.05) is 6.42 Å². The quantitative estimate of drug-likeness (QED) is 0.942. The van der Waals surface area contributed by atoms with Gasteiger partial charge in [-0.05, 0) is 36.3 Å². The summed E-state index contributed by atoms with van der Waals surface area (Å²) in [7, 11) is 0. The Kier molecular flexibility index (Phi) is 4.22. The lowest BCUT2D eigenvalue weighted by molar-refractivity contribution is 0.0888. The third-order valence-electron chi connectivity index (χ3n) is 3.93. The topological polar surface area (TPSA) is 68.0 Å². The summed E-state index contributed by atoms with van der Waals surface area (Å²) in [6.07, 6.45) is 3.80. The van der Waals surface area contributed by atoms with E-state index in [-0.39, 0.29) is 17.8 Å². The van der Waals surface area contributed by atoms with Crippen molar-refractivity contribution in [2.45, 2.75) is 45.6 Å². The van der Waals surface area contributed by atoms with Crippen molar-refractivity contribution in [3.63, 3.8) is 0 Å². The summed E-state index contributed by atoms with van der Waals surface area (Å²) in [5, 5.41) is 6.89. The number of aryl methyl sites for hydroxylation is 1. The first kappa shape index (κ1) is 14.8. The molecule has 0 bridgehead atoms. The lowest BCUT2D eigenvalue weighted by Crippen LogP contribution is -2.31. The van der Waals surface area contributed by atoms with E-state index in [1.54, 1.807) is 0 Å². The first-order valence-corrected chi connectivity index (χ1v) is 7.84. The Labute approximate surface area is 130 Å². The molecule has 1 aromatic heterocycles. The standard InChI is InChI=1S/C17H21N3O2/c1-11(2)10-15-19-17(22-20-15)16(21)18-14-9-5-7-12-6-3-4-8-13(12)14/h3-4,6,8,11,14H,5,7,9-10H2,1-2H3,(H,18,21). The first-order valence-electron chi connectivity index (χ1n) is 7.84. The number of carbonyl (C=O) groups is 1. The Balaban J connectivity index is 1.71. The van der Waals surface area contributed by atoms with Crippen LogP contribution < -0.4 is 5.32 Å². The van der Waals surface area contributed by atoms with Crippen molar-refractivity contribution < 1.29 is 9.32 Å². The van der Waals surface area contributed by atoms with Crippen LogP contribution in [0.15, 0.2) is 28.8 Å². The molecule has 3 rings (SSSR count). The third kappa shape index (κ3) is 3.18. The maximum atomic E-state index is 12.3. The highest BCUT2D eigenvalue weighted by molar-refractivity contribution is 5.89. The SMILES string of the molecule is CC(C)Cc1noc(C(=O)NC2CCCc3ccccc32)n1. The normalized spacial score (nSPS) is 17.3. The van der Waals surface area contributed by atoms with E-state index in [0.29, 0.717) is 18.2 Å². The van der Waals surface area contributed by atoms with E-state index < -0.39 is 0 Å². The van der Waals surface area contributed by atoms with Crippen molar-refractivity contribution in [1.29, 1.82) is 0 Å². The van der Waals surface area contributed by atoms with Crippen molar-refractivity contribution in [2.75, 3.05) is 0 Å². The average Bonchev–Trinajstić information content (AvgIpc) is 2.95. The minimum atomic E-state index is -0.288. The summed E-state index contributed by atoms with van der Waals surface area (Å²) in [6.45, 7) is 4.16. The fraction of sp³-hybridized carbons (Fsp3) is 0.471. The zero-order chi connectivity index (χ0) is 15.5. The molecule has 0 aliphatic heterocycles. The van der Waals surface area contributed by atoms with Gasteiger partial charge in [0.25, 0.3) is 0 Å². The highest BCUT2D eigenvalue weighted by Crippen LogP contribution is 2.29. The van der Waals surface area contributed by atoms with Crippen LogP contribution in [0, 0.1) is 5.92 Å². The number of nitrogens with one attached hydrogen (secondary N) is 1. The minimum absolute atomic E-state index is 0.0258. The molecular formula is C17H21N3O2. The molecule has 1 aliphatic rings. The molecule has 1 heterocycles. The highest BCUT2D eigenvalue weighted by Gasteiger charge is 2.24. The number of rotatable bonds is 4. The summed E-state index contributed by atoms with van der Waals surface area (Å²) in [5.74, 6) is 0.783. The number of aromatic nitrogens is 2. The highest BCUT2D eigenvalue weighted by atomic mass is 16.5. The van der Waals surface area contributed by atoms with Gasteiger partial charge in [0.05, 0.1) is 6.04 Å². The average molecular weight is 299 g/mol. The van der Waals surface area contributed by atoms with Crippen LogP contribution >= 0.6 is 0 Å². The van der Waals surface area contributed by atoms with Crippen LogP contribution in [0.5, 0.6) is 0 Å². The van der Waals surface area contributed by atoms with Crippen LogP contribution in [0.1, 0.15) is 60.4 Å². The Bertz CT molecular complexity index is 663. The second kappa shape index (κ2) is 6.30. The summed E-state index contributed by atoms with van der Waals surface area (Å²) in [4.78, 5) is 16.5. The largest absolute Gasteiger partial charge is 0.341 e. The van der Waals surface area contributed by atoms with Crippen molar-refractivity contribution >= 4 is 5.91 Å². The molecule has 0 spiro atoms. The predicted molar refractivity (Wildman–Crippen MR) is 82.4 cm³/mol. The van der Waals surface area contributed by atoms with Gasteiger partial charge < -0.3 is 9.84 Å². The molecule has 2 aromatic rings. The van der Waals surface area contributed by atoms with Crippen LogP contribution in [0.4, 0.5) is 0 Å². The summed E-state index contributed by atoms with van der Waals surface area (Å²) in [6, 6.07) is 8.28. The monoisotopic (exact) mass is 299 g/mol. The number of benzene rings is 1. The smallest absolute Gasteiger partial charge is 0.315 e. The van der Waals surface area contributed by atoms with E-state index in [1.807, 2.05) is 12.1 Å². The molecule has 1 N–H and O–H groups in total. The molecule has 0 saturated heterocycles. The Morgan fingerprint density at radius 3 is 3.05 bits per heavy atom. The lowest BCUT2D eigenvalue weighted by atomic mass is 9.88. The third-order valence-corrected chi connectivity index (χ3v) is 3.93. The fourth-order valence-electron chi connectivity index (χ4n) is 2.92. The van der Waals surface area contributed by atoms with E-state index in [9.17, 15) is 4.79 Å². The fourth-order valence-corrected chi connectivity index (χ4v) is 2.92. The first-order chi connectivity index (χ1) is 10.6. The van der Waals surface area contributed by atoms with Gasteiger partial charge in [-0.1, -0.05) is 43.3 Å². The van der Waals surface area contributed by atoms with Gasteiger partial charge >= 0.3 is 11.8 Å². The minimum Gasteiger partial charge on any atom is -0.341 e. The van der Waals surface area contributed by atoms with Crippen LogP contribution in [0.25, 0.3) is 0 Å². The van der Waals surface area contributed by atoms with Gasteiger partial charge in [-0.25, -0.2) is 0 Å². The molecule has 1 aromatic carbocycles. The lowest BCUT2D eigenvalue weighted by Gasteiger charge is -2.25. The molecule has 116 valence electrons. The second-order valence-electron chi connectivity index (χ2n) is 6.23. The van der Waals surface area contributed by atoms with E-state index in [4.69, 9.17) is 4.52 Å². The van der Waals surface area contributed by atoms with Crippen LogP contribution in [0.3, 0.4) is 0 Å². The molecule has 1 aliphatic carbocycles. The molecule has 0 fully saturated rings. The predicted octanol–water partition coefficient (Wildman–Crippen LogP) is 3.08. The summed E-state index contributed by atoms with van der Waals surface area (Å²) < 4.78 is 5.08. The molecule has 1 atom stereocenters. The Morgan fingerprint density at radius 1 is 1.41 bits per heavy atom. The molecule has 1 unspecified atom stereocenters. The number of nitrogens with zero attached hydrogens (tertiary/aromatic N) is 2. The maximum Gasteiger partial charge on any atom is 0.315 e. The summed E-state index contributed by atoms with van der Waals surface area (Å²) >= 11 is 0. The molecule has 5 heteroatoms. The van der Waals surface area contributed by atoms with Crippen LogP contribution in [-0.4, -0.2) is 16.0 Å². The van der Waals surface area contributed by atoms with Crippen molar-refractivity contribution in [2.24, 2.45) is 5.92 Å². The van der Waals surface area contributed by atoms with Gasteiger partial charge in [-0.3, -0.25) is 4.79 Å². The molecule has 0 radical (unpaired) electrons. The molecule has 0 saturated carbocycles. The van der Waals surface area contributed by atoms with Crippen molar-refractivity contribution in [3.8, 4) is 0 Å². The number of carbonyl (C=O) groups excluding carboxylic acids is 1. The van der Waals surface area contributed by atoms with Gasteiger partial charge in [-0.2, -0.15) is 4.98 Å². The van der Waals surface area contributed by atoms with E-state index >= 15 is 0 Å². The Hall–Kier alpha value is -2.17. The van der Waals surface area contributed by atoms with E-state index in [0.717, 1.165) is 19.3 Å². The maximum absolute atomic E-state index is 12.3. The van der Waals surface area contributed by atoms with Crippen molar-refractivity contribution in [1.82, 2.24) is 15.5 Å². The molecule has 5 nitrogen and oxygen atoms in total. The number of hydrogen-bond donors (Lipinski definition) is 1. The van der Waals surface area contributed by atoms with E-state index in [1.165, 1.54) is 11.1 Å². The Morgan fingerprint density at radius 2 is 2.23 bits per heavy atom. The van der Waals surface area contributed by atoms with Gasteiger partial charge in [0.2, 0.25) is 0 Å². The van der Waals surface area contributed by atoms with Gasteiger partial charge in [-0.15, -0.1) is 0 Å². The van der Waals surface area contributed by atoms with Crippen molar-refractivity contribution in [3.05, 3.63) is 47.1 Å². The number of hydrogen-bond acceptors (Lipinski definition) is 4.